The van der Waals surface area contributed by atoms with Gasteiger partial charge in [-0.1, -0.05) is 6.42 Å². The monoisotopic (exact) mass is 416 g/mol. The van der Waals surface area contributed by atoms with Crippen LogP contribution in [0.5, 0.6) is 0 Å². The molecule has 1 heterocycles. The van der Waals surface area contributed by atoms with Gasteiger partial charge in [-0.15, -0.1) is 0 Å². The molecule has 11 heteroatoms. The van der Waals surface area contributed by atoms with E-state index in [9.17, 15) is 21.6 Å². The highest BCUT2D eigenvalue weighted by atomic mass is 32.2. The Bertz CT molecular complexity index is 578. The summed E-state index contributed by atoms with van der Waals surface area (Å²) in [6.07, 6.45) is -2.82. The fraction of sp³-hybridized carbons (Fsp3) is 0.933. The summed E-state index contributed by atoms with van der Waals surface area (Å²) in [5.41, 5.74) is 0. The second kappa shape index (κ2) is 9.50. The molecule has 2 fully saturated rings. The summed E-state index contributed by atoms with van der Waals surface area (Å²) >= 11 is 1.74. The van der Waals surface area contributed by atoms with Crippen LogP contribution < -0.4 is 10.6 Å². The van der Waals surface area contributed by atoms with Gasteiger partial charge < -0.3 is 10.6 Å². The lowest BCUT2D eigenvalue weighted by Gasteiger charge is -2.32. The molecule has 0 amide bonds. The van der Waals surface area contributed by atoms with Crippen molar-refractivity contribution in [1.82, 2.24) is 14.9 Å². The van der Waals surface area contributed by atoms with E-state index in [-0.39, 0.29) is 31.2 Å². The summed E-state index contributed by atoms with van der Waals surface area (Å²) in [4.78, 5) is 4.00. The summed E-state index contributed by atoms with van der Waals surface area (Å²) in [6, 6.07) is -0.308. The van der Waals surface area contributed by atoms with Crippen LogP contribution in [-0.4, -0.2) is 74.8 Å². The van der Waals surface area contributed by atoms with E-state index in [4.69, 9.17) is 0 Å². The van der Waals surface area contributed by atoms with E-state index in [0.29, 0.717) is 31.9 Å². The van der Waals surface area contributed by atoms with Gasteiger partial charge in [-0.3, -0.25) is 4.99 Å². The van der Waals surface area contributed by atoms with Crippen LogP contribution in [-0.2, 0) is 10.0 Å². The van der Waals surface area contributed by atoms with Gasteiger partial charge in [-0.2, -0.15) is 24.9 Å². The smallest absolute Gasteiger partial charge is 0.355 e. The maximum Gasteiger partial charge on any atom is 0.391 e. The molecular weight excluding hydrogens is 389 g/mol. The van der Waals surface area contributed by atoms with Crippen LogP contribution in [0.2, 0.25) is 0 Å². The number of hydrogen-bond acceptors (Lipinski definition) is 4. The molecule has 2 rings (SSSR count). The van der Waals surface area contributed by atoms with Crippen molar-refractivity contribution in [1.29, 1.82) is 0 Å². The Morgan fingerprint density at radius 3 is 2.58 bits per heavy atom. The zero-order chi connectivity index (χ0) is 19.2. The van der Waals surface area contributed by atoms with E-state index < -0.39 is 22.1 Å². The van der Waals surface area contributed by atoms with Gasteiger partial charge in [-0.25, -0.2) is 12.7 Å². The second-order valence-corrected chi connectivity index (χ2v) is 9.89. The highest BCUT2D eigenvalue weighted by molar-refractivity contribution is 7.99. The summed E-state index contributed by atoms with van der Waals surface area (Å²) in [7, 11) is -1.80. The quantitative estimate of drug-likeness (QED) is 0.527. The number of hydrogen-bond donors (Lipinski definition) is 2. The molecule has 0 radical (unpaired) electrons. The van der Waals surface area contributed by atoms with Crippen molar-refractivity contribution in [3.63, 3.8) is 0 Å². The molecule has 2 aliphatic rings. The van der Waals surface area contributed by atoms with Gasteiger partial charge >= 0.3 is 6.18 Å². The Hall–Kier alpha value is -0.680. The lowest BCUT2D eigenvalue weighted by Crippen LogP contribution is -2.48. The minimum atomic E-state index is -4.17. The largest absolute Gasteiger partial charge is 0.391 e. The Balaban J connectivity index is 1.79. The van der Waals surface area contributed by atoms with E-state index >= 15 is 0 Å². The fourth-order valence-electron chi connectivity index (χ4n) is 3.26. The maximum atomic E-state index is 12.9. The second-order valence-electron chi connectivity index (χ2n) is 6.57. The van der Waals surface area contributed by atoms with Crippen molar-refractivity contribution in [3.05, 3.63) is 0 Å². The lowest BCUT2D eigenvalue weighted by molar-refractivity contribution is -0.183. The minimum Gasteiger partial charge on any atom is -0.355 e. The number of halogens is 3. The number of thioether (sulfide) groups is 1. The highest BCUT2D eigenvalue weighted by Gasteiger charge is 2.42. The first kappa shape index (κ1) is 21.6. The van der Waals surface area contributed by atoms with Crippen LogP contribution in [0.15, 0.2) is 4.99 Å². The van der Waals surface area contributed by atoms with E-state index in [1.807, 2.05) is 0 Å². The predicted octanol–water partition coefficient (Wildman–Crippen LogP) is 1.65. The molecule has 2 unspecified atom stereocenters. The fourth-order valence-corrected chi connectivity index (χ4v) is 5.75. The molecule has 0 aromatic rings. The van der Waals surface area contributed by atoms with Crippen LogP contribution in [0.4, 0.5) is 13.2 Å². The number of rotatable bonds is 5. The van der Waals surface area contributed by atoms with Gasteiger partial charge in [-0.05, 0) is 19.3 Å². The molecule has 1 saturated carbocycles. The van der Waals surface area contributed by atoms with Crippen LogP contribution in [0.25, 0.3) is 0 Å². The van der Waals surface area contributed by atoms with Crippen LogP contribution in [0, 0.1) is 5.92 Å². The summed E-state index contributed by atoms with van der Waals surface area (Å²) in [5, 5.41) is 5.91. The molecule has 0 bridgehead atoms. The molecule has 1 aliphatic heterocycles. The van der Waals surface area contributed by atoms with Gasteiger partial charge in [0.15, 0.2) is 5.96 Å². The molecule has 152 valence electrons. The lowest BCUT2D eigenvalue weighted by atomic mass is 9.85. The van der Waals surface area contributed by atoms with Gasteiger partial charge in [0.05, 0.1) is 11.7 Å². The van der Waals surface area contributed by atoms with Crippen molar-refractivity contribution < 1.29 is 21.6 Å². The molecule has 2 atom stereocenters. The zero-order valence-electron chi connectivity index (χ0n) is 14.9. The summed E-state index contributed by atoms with van der Waals surface area (Å²) in [5.74, 6) is 0.607. The Kier molecular flexibility index (Phi) is 7.90. The number of aliphatic imine (C=N–C) groups is 1. The van der Waals surface area contributed by atoms with Crippen LogP contribution in [0.1, 0.15) is 25.7 Å². The highest BCUT2D eigenvalue weighted by Crippen LogP contribution is 2.37. The van der Waals surface area contributed by atoms with Crippen molar-refractivity contribution in [2.24, 2.45) is 10.9 Å². The van der Waals surface area contributed by atoms with Crippen molar-refractivity contribution in [3.8, 4) is 0 Å². The number of nitrogens with one attached hydrogen (secondary N) is 2. The molecule has 0 aromatic heterocycles. The predicted molar refractivity (Wildman–Crippen MR) is 99.0 cm³/mol. The molecule has 1 aliphatic carbocycles. The molecule has 0 spiro atoms. The molecule has 26 heavy (non-hydrogen) atoms. The molecule has 6 nitrogen and oxygen atoms in total. The Morgan fingerprint density at radius 1 is 1.27 bits per heavy atom. The average Bonchev–Trinajstić information content (AvgIpc) is 2.61. The number of guanidine groups is 1. The summed E-state index contributed by atoms with van der Waals surface area (Å²) in [6.45, 7) is 1.23. The van der Waals surface area contributed by atoms with Gasteiger partial charge in [0.1, 0.15) is 0 Å². The zero-order valence-corrected chi connectivity index (χ0v) is 16.5. The first-order valence-electron chi connectivity index (χ1n) is 8.82. The van der Waals surface area contributed by atoms with Crippen LogP contribution >= 0.6 is 11.8 Å². The number of sulfonamides is 1. The topological polar surface area (TPSA) is 73.8 Å². The van der Waals surface area contributed by atoms with Crippen molar-refractivity contribution >= 4 is 27.7 Å². The molecule has 0 aromatic carbocycles. The third kappa shape index (κ3) is 6.49. The standard InChI is InChI=1S/C15H27F3N4O2S2/c1-19-14(21-13-4-2-3-12(11-13)15(16,17)18)20-5-10-26(23,24)22-6-8-25-9-7-22/h12-13H,2-11H2,1H3,(H2,19,20,21). The SMILES string of the molecule is CN=C(NCCS(=O)(=O)N1CCSCC1)NC1CCCC(C(F)(F)F)C1. The molecule has 2 N–H and O–H groups in total. The third-order valence-electron chi connectivity index (χ3n) is 4.72. The van der Waals surface area contributed by atoms with Crippen LogP contribution in [0.3, 0.4) is 0 Å². The maximum absolute atomic E-state index is 12.9. The van der Waals surface area contributed by atoms with Gasteiger partial charge in [0.25, 0.3) is 0 Å². The Morgan fingerprint density at radius 2 is 1.96 bits per heavy atom. The number of nitrogens with zero attached hydrogens (tertiary/aromatic N) is 2. The van der Waals surface area contributed by atoms with E-state index in [0.717, 1.165) is 11.5 Å². The number of alkyl halides is 3. The average molecular weight is 417 g/mol. The van der Waals surface area contributed by atoms with Crippen molar-refractivity contribution in [2.75, 3.05) is 43.9 Å². The van der Waals surface area contributed by atoms with Crippen molar-refractivity contribution in [2.45, 2.75) is 37.9 Å². The summed E-state index contributed by atoms with van der Waals surface area (Å²) < 4.78 is 64.8. The minimum absolute atomic E-state index is 0.0218. The third-order valence-corrected chi connectivity index (χ3v) is 7.53. The first-order chi connectivity index (χ1) is 12.2. The normalized spacial score (nSPS) is 26.5. The first-order valence-corrected chi connectivity index (χ1v) is 11.6. The Labute approximate surface area is 157 Å². The van der Waals surface area contributed by atoms with Gasteiger partial charge in [0, 0.05) is 44.2 Å². The van der Waals surface area contributed by atoms with Gasteiger partial charge in [0.2, 0.25) is 10.0 Å². The van der Waals surface area contributed by atoms with E-state index in [1.54, 1.807) is 11.8 Å². The molecule has 1 saturated heterocycles. The molecular formula is C15H27F3N4O2S2. The van der Waals surface area contributed by atoms with E-state index in [1.165, 1.54) is 11.4 Å². The van der Waals surface area contributed by atoms with E-state index in [2.05, 4.69) is 15.6 Å².